The van der Waals surface area contributed by atoms with E-state index >= 15 is 0 Å². The van der Waals surface area contributed by atoms with E-state index in [4.69, 9.17) is 4.42 Å². The topological polar surface area (TPSA) is 82.7 Å². The summed E-state index contributed by atoms with van der Waals surface area (Å²) in [4.78, 5) is 16.7. The SMILES string of the molecule is O=C(c1ccc2nsnc2c1)N1CCN(C[C@H](O)c2ccco2)CC1. The first-order chi connectivity index (χ1) is 12.2. The average Bonchev–Trinajstić information content (AvgIpc) is 3.32. The molecule has 1 aliphatic heterocycles. The molecule has 1 aliphatic rings. The molecule has 1 fully saturated rings. The molecule has 130 valence electrons. The van der Waals surface area contributed by atoms with Crippen molar-refractivity contribution in [3.05, 3.63) is 47.9 Å². The Labute approximate surface area is 148 Å². The van der Waals surface area contributed by atoms with Crippen molar-refractivity contribution in [1.82, 2.24) is 18.5 Å². The van der Waals surface area contributed by atoms with E-state index in [0.29, 0.717) is 31.0 Å². The Bertz CT molecular complexity index is 856. The van der Waals surface area contributed by atoms with E-state index in [1.54, 1.807) is 30.5 Å². The summed E-state index contributed by atoms with van der Waals surface area (Å²) >= 11 is 1.15. The number of aliphatic hydroxyl groups excluding tert-OH is 1. The van der Waals surface area contributed by atoms with Gasteiger partial charge in [0.25, 0.3) is 5.91 Å². The molecule has 4 rings (SSSR count). The Balaban J connectivity index is 1.35. The predicted molar refractivity (Wildman–Crippen MR) is 93.4 cm³/mol. The smallest absolute Gasteiger partial charge is 0.254 e. The van der Waals surface area contributed by atoms with Gasteiger partial charge in [-0.15, -0.1) is 0 Å². The molecule has 0 spiro atoms. The summed E-state index contributed by atoms with van der Waals surface area (Å²) < 4.78 is 13.6. The maximum atomic E-state index is 12.7. The van der Waals surface area contributed by atoms with Crippen LogP contribution in [0, 0.1) is 0 Å². The van der Waals surface area contributed by atoms with Crippen LogP contribution in [0.1, 0.15) is 22.2 Å². The lowest BCUT2D eigenvalue weighted by atomic mass is 10.1. The normalized spacial score (nSPS) is 17.1. The van der Waals surface area contributed by atoms with Gasteiger partial charge in [-0.2, -0.15) is 8.75 Å². The van der Waals surface area contributed by atoms with Crippen molar-refractivity contribution in [3.63, 3.8) is 0 Å². The Morgan fingerprint density at radius 1 is 1.20 bits per heavy atom. The first-order valence-electron chi connectivity index (χ1n) is 8.16. The summed E-state index contributed by atoms with van der Waals surface area (Å²) in [5.74, 6) is 0.588. The molecule has 1 atom stereocenters. The molecule has 25 heavy (non-hydrogen) atoms. The average molecular weight is 358 g/mol. The molecule has 3 aromatic rings. The highest BCUT2D eigenvalue weighted by Gasteiger charge is 2.24. The van der Waals surface area contributed by atoms with Crippen molar-refractivity contribution < 1.29 is 14.3 Å². The number of hydrogen-bond donors (Lipinski definition) is 1. The van der Waals surface area contributed by atoms with Crippen molar-refractivity contribution in [1.29, 1.82) is 0 Å². The molecule has 0 unspecified atom stereocenters. The fourth-order valence-corrected chi connectivity index (χ4v) is 3.56. The van der Waals surface area contributed by atoms with Crippen LogP contribution in [0.3, 0.4) is 0 Å². The van der Waals surface area contributed by atoms with Gasteiger partial charge in [-0.3, -0.25) is 9.69 Å². The minimum atomic E-state index is -0.642. The number of aromatic nitrogens is 2. The Hall–Kier alpha value is -2.29. The number of piperazine rings is 1. The first-order valence-corrected chi connectivity index (χ1v) is 8.89. The second-order valence-corrected chi connectivity index (χ2v) is 6.62. The van der Waals surface area contributed by atoms with Gasteiger partial charge in [-0.1, -0.05) is 0 Å². The summed E-state index contributed by atoms with van der Waals surface area (Å²) in [5, 5.41) is 10.2. The molecule has 1 amide bonds. The number of rotatable bonds is 4. The molecule has 7 nitrogen and oxygen atoms in total. The third kappa shape index (κ3) is 3.41. The lowest BCUT2D eigenvalue weighted by Crippen LogP contribution is -2.49. The second-order valence-electron chi connectivity index (χ2n) is 6.09. The fraction of sp³-hybridized carbons (Fsp3) is 0.353. The van der Waals surface area contributed by atoms with Crippen LogP contribution >= 0.6 is 11.7 Å². The van der Waals surface area contributed by atoms with Crippen LogP contribution in [-0.2, 0) is 0 Å². The highest BCUT2D eigenvalue weighted by atomic mass is 32.1. The van der Waals surface area contributed by atoms with E-state index in [9.17, 15) is 9.90 Å². The van der Waals surface area contributed by atoms with Crippen LogP contribution in [0.25, 0.3) is 11.0 Å². The standard InChI is InChI=1S/C17H18N4O3S/c22-15(16-2-1-9-24-16)11-20-5-7-21(8-6-20)17(23)12-3-4-13-14(10-12)19-25-18-13/h1-4,9-10,15,22H,5-8,11H2/t15-/m0/s1. The zero-order chi connectivity index (χ0) is 17.2. The van der Waals surface area contributed by atoms with E-state index < -0.39 is 6.10 Å². The van der Waals surface area contributed by atoms with E-state index in [1.165, 1.54) is 0 Å². The molecule has 0 saturated carbocycles. The minimum Gasteiger partial charge on any atom is -0.467 e. The number of carbonyl (C=O) groups is 1. The predicted octanol–water partition coefficient (Wildman–Crippen LogP) is 1.78. The molecule has 1 saturated heterocycles. The van der Waals surface area contributed by atoms with Crippen LogP contribution in [0.5, 0.6) is 0 Å². The van der Waals surface area contributed by atoms with Gasteiger partial charge in [0, 0.05) is 38.3 Å². The van der Waals surface area contributed by atoms with Crippen LogP contribution in [0.2, 0.25) is 0 Å². The number of nitrogens with zero attached hydrogens (tertiary/aromatic N) is 4. The van der Waals surface area contributed by atoms with Gasteiger partial charge in [-0.05, 0) is 30.3 Å². The molecule has 1 aromatic carbocycles. The lowest BCUT2D eigenvalue weighted by molar-refractivity contribution is 0.0486. The van der Waals surface area contributed by atoms with Gasteiger partial charge in [0.1, 0.15) is 22.9 Å². The van der Waals surface area contributed by atoms with E-state index in [2.05, 4.69) is 13.6 Å². The van der Waals surface area contributed by atoms with Gasteiger partial charge < -0.3 is 14.4 Å². The van der Waals surface area contributed by atoms with E-state index in [1.807, 2.05) is 11.0 Å². The number of carbonyl (C=O) groups excluding carboxylic acids is 1. The number of furan rings is 1. The highest BCUT2D eigenvalue weighted by Crippen LogP contribution is 2.18. The van der Waals surface area contributed by atoms with Crippen LogP contribution < -0.4 is 0 Å². The molecular weight excluding hydrogens is 340 g/mol. The number of fused-ring (bicyclic) bond motifs is 1. The van der Waals surface area contributed by atoms with E-state index in [0.717, 1.165) is 35.9 Å². The van der Waals surface area contributed by atoms with Crippen molar-refractivity contribution in [2.24, 2.45) is 0 Å². The second kappa shape index (κ2) is 6.91. The highest BCUT2D eigenvalue weighted by molar-refractivity contribution is 7.00. The van der Waals surface area contributed by atoms with Crippen LogP contribution in [-0.4, -0.2) is 62.3 Å². The zero-order valence-electron chi connectivity index (χ0n) is 13.5. The quantitative estimate of drug-likeness (QED) is 0.765. The molecule has 0 radical (unpaired) electrons. The molecule has 8 heteroatoms. The van der Waals surface area contributed by atoms with Gasteiger partial charge in [0.05, 0.1) is 18.0 Å². The van der Waals surface area contributed by atoms with Crippen molar-refractivity contribution in [3.8, 4) is 0 Å². The van der Waals surface area contributed by atoms with Crippen molar-refractivity contribution in [2.75, 3.05) is 32.7 Å². The van der Waals surface area contributed by atoms with Gasteiger partial charge >= 0.3 is 0 Å². The monoisotopic (exact) mass is 358 g/mol. The number of hydrogen-bond acceptors (Lipinski definition) is 7. The van der Waals surface area contributed by atoms with Gasteiger partial charge in [-0.25, -0.2) is 0 Å². The summed E-state index contributed by atoms with van der Waals surface area (Å²) in [6.45, 7) is 3.23. The van der Waals surface area contributed by atoms with Crippen molar-refractivity contribution >= 4 is 28.7 Å². The van der Waals surface area contributed by atoms with Crippen molar-refractivity contribution in [2.45, 2.75) is 6.10 Å². The number of benzene rings is 1. The maximum absolute atomic E-state index is 12.7. The Kier molecular flexibility index (Phi) is 4.48. The largest absolute Gasteiger partial charge is 0.467 e. The molecule has 1 N–H and O–H groups in total. The summed E-state index contributed by atoms with van der Waals surface area (Å²) in [6.07, 6.45) is 0.918. The molecule has 0 bridgehead atoms. The van der Waals surface area contributed by atoms with Gasteiger partial charge in [0.15, 0.2) is 0 Å². The Morgan fingerprint density at radius 3 is 2.76 bits per heavy atom. The first kappa shape index (κ1) is 16.2. The third-order valence-electron chi connectivity index (χ3n) is 4.46. The van der Waals surface area contributed by atoms with Crippen LogP contribution in [0.4, 0.5) is 0 Å². The maximum Gasteiger partial charge on any atom is 0.254 e. The molecular formula is C17H18N4O3S. The summed E-state index contributed by atoms with van der Waals surface area (Å²) in [5.41, 5.74) is 2.22. The summed E-state index contributed by atoms with van der Waals surface area (Å²) in [6, 6.07) is 8.98. The number of amides is 1. The van der Waals surface area contributed by atoms with E-state index in [-0.39, 0.29) is 5.91 Å². The number of aliphatic hydroxyl groups is 1. The summed E-state index contributed by atoms with van der Waals surface area (Å²) in [7, 11) is 0. The zero-order valence-corrected chi connectivity index (χ0v) is 14.4. The molecule has 0 aliphatic carbocycles. The molecule has 2 aromatic heterocycles. The lowest BCUT2D eigenvalue weighted by Gasteiger charge is -2.35. The van der Waals surface area contributed by atoms with Gasteiger partial charge in [0.2, 0.25) is 0 Å². The van der Waals surface area contributed by atoms with Crippen LogP contribution in [0.15, 0.2) is 41.0 Å². The molecule has 3 heterocycles. The number of β-amino-alcohol motifs (C(OH)–C–C–N with tert-alkyl or cyclic N) is 1. The third-order valence-corrected chi connectivity index (χ3v) is 5.02. The Morgan fingerprint density at radius 2 is 2.00 bits per heavy atom. The minimum absolute atomic E-state index is 0.0149. The fourth-order valence-electron chi connectivity index (χ4n) is 3.05.